The van der Waals surface area contributed by atoms with Gasteiger partial charge in [0.25, 0.3) is 0 Å². The Morgan fingerprint density at radius 3 is 3.00 bits per heavy atom. The first-order chi connectivity index (χ1) is 9.63. The molecule has 20 heavy (non-hydrogen) atoms. The average molecular weight is 296 g/mol. The third-order valence-corrected chi connectivity index (χ3v) is 6.07. The molecule has 0 spiro atoms. The van der Waals surface area contributed by atoms with Crippen LogP contribution in [0.25, 0.3) is 0 Å². The van der Waals surface area contributed by atoms with E-state index < -0.39 is 10.0 Å². The molecule has 2 saturated heterocycles. The summed E-state index contributed by atoms with van der Waals surface area (Å²) in [6.45, 7) is 3.10. The van der Waals surface area contributed by atoms with Crippen molar-refractivity contribution in [3.63, 3.8) is 0 Å². The number of sulfonamides is 1. The van der Waals surface area contributed by atoms with Gasteiger partial charge in [-0.1, -0.05) is 0 Å². The molecule has 110 valence electrons. The Balaban J connectivity index is 1.88. The van der Waals surface area contributed by atoms with Crippen LogP contribution in [0.4, 0.5) is 5.82 Å². The van der Waals surface area contributed by atoms with E-state index in [4.69, 9.17) is 0 Å². The SMILES string of the molecule is CNc1ncccc1S(=O)(=O)N1CCN2CCCC2C1. The Morgan fingerprint density at radius 2 is 2.20 bits per heavy atom. The van der Waals surface area contributed by atoms with Gasteiger partial charge in [0.2, 0.25) is 10.0 Å². The van der Waals surface area contributed by atoms with Gasteiger partial charge in [0, 0.05) is 38.9 Å². The fraction of sp³-hybridized carbons (Fsp3) is 0.615. The molecule has 1 unspecified atom stereocenters. The summed E-state index contributed by atoms with van der Waals surface area (Å²) in [5.41, 5.74) is 0. The topological polar surface area (TPSA) is 65.5 Å². The molecular weight excluding hydrogens is 276 g/mol. The summed E-state index contributed by atoms with van der Waals surface area (Å²) in [7, 11) is -1.77. The number of rotatable bonds is 3. The lowest BCUT2D eigenvalue weighted by Gasteiger charge is -2.36. The standard InChI is InChI=1S/C13H20N4O2S/c1-14-13-12(5-2-6-15-13)20(18,19)17-9-8-16-7-3-4-11(16)10-17/h2,5-6,11H,3-4,7-10H2,1H3,(H,14,15). The van der Waals surface area contributed by atoms with Crippen molar-refractivity contribution >= 4 is 15.8 Å². The first-order valence-electron chi connectivity index (χ1n) is 7.00. The number of piperazine rings is 1. The first kappa shape index (κ1) is 13.8. The predicted octanol–water partition coefficient (Wildman–Crippen LogP) is 0.592. The molecule has 2 fully saturated rings. The minimum atomic E-state index is -3.46. The maximum absolute atomic E-state index is 12.8. The van der Waals surface area contributed by atoms with Crippen molar-refractivity contribution in [3.05, 3.63) is 18.3 Å². The van der Waals surface area contributed by atoms with Crippen LogP contribution >= 0.6 is 0 Å². The van der Waals surface area contributed by atoms with Gasteiger partial charge in [0.15, 0.2) is 0 Å². The summed E-state index contributed by atoms with van der Waals surface area (Å²) in [6.07, 6.45) is 3.87. The number of pyridine rings is 1. The van der Waals surface area contributed by atoms with Crippen molar-refractivity contribution in [2.24, 2.45) is 0 Å². The Kier molecular flexibility index (Phi) is 3.66. The van der Waals surface area contributed by atoms with Crippen molar-refractivity contribution in [2.45, 2.75) is 23.8 Å². The number of anilines is 1. The Bertz CT molecular complexity index is 590. The van der Waals surface area contributed by atoms with E-state index in [0.29, 0.717) is 24.9 Å². The van der Waals surface area contributed by atoms with E-state index in [1.807, 2.05) is 0 Å². The molecule has 1 aromatic heterocycles. The Morgan fingerprint density at radius 1 is 1.35 bits per heavy atom. The second-order valence-corrected chi connectivity index (χ2v) is 7.20. The van der Waals surface area contributed by atoms with Crippen LogP contribution in [-0.2, 0) is 10.0 Å². The van der Waals surface area contributed by atoms with Gasteiger partial charge in [-0.15, -0.1) is 0 Å². The second kappa shape index (κ2) is 5.31. The zero-order valence-corrected chi connectivity index (χ0v) is 12.4. The number of hydrogen-bond donors (Lipinski definition) is 1. The van der Waals surface area contributed by atoms with E-state index in [0.717, 1.165) is 19.5 Å². The molecule has 0 aromatic carbocycles. The Labute approximate surface area is 119 Å². The maximum Gasteiger partial charge on any atom is 0.246 e. The number of aromatic nitrogens is 1. The van der Waals surface area contributed by atoms with Crippen molar-refractivity contribution in [3.8, 4) is 0 Å². The molecule has 1 atom stereocenters. The predicted molar refractivity (Wildman–Crippen MR) is 77.1 cm³/mol. The summed E-state index contributed by atoms with van der Waals surface area (Å²) in [5, 5.41) is 2.86. The Hall–Kier alpha value is -1.18. The highest BCUT2D eigenvalue weighted by atomic mass is 32.2. The van der Waals surface area contributed by atoms with Crippen LogP contribution in [0.1, 0.15) is 12.8 Å². The molecule has 0 bridgehead atoms. The van der Waals surface area contributed by atoms with E-state index in [9.17, 15) is 8.42 Å². The molecule has 1 aromatic rings. The summed E-state index contributed by atoms with van der Waals surface area (Å²) >= 11 is 0. The number of nitrogens with one attached hydrogen (secondary N) is 1. The molecule has 3 heterocycles. The van der Waals surface area contributed by atoms with Gasteiger partial charge >= 0.3 is 0 Å². The van der Waals surface area contributed by atoms with Gasteiger partial charge < -0.3 is 5.32 Å². The lowest BCUT2D eigenvalue weighted by Crippen LogP contribution is -2.51. The van der Waals surface area contributed by atoms with Gasteiger partial charge in [0.05, 0.1) is 0 Å². The van der Waals surface area contributed by atoms with Crippen LogP contribution in [0.15, 0.2) is 23.2 Å². The zero-order valence-electron chi connectivity index (χ0n) is 11.6. The van der Waals surface area contributed by atoms with Gasteiger partial charge in [-0.25, -0.2) is 13.4 Å². The molecule has 6 nitrogen and oxygen atoms in total. The van der Waals surface area contributed by atoms with E-state index in [1.54, 1.807) is 29.7 Å². The molecule has 0 saturated carbocycles. The van der Waals surface area contributed by atoms with E-state index in [1.165, 1.54) is 6.42 Å². The molecule has 1 N–H and O–H groups in total. The van der Waals surface area contributed by atoms with Crippen LogP contribution < -0.4 is 5.32 Å². The highest BCUT2D eigenvalue weighted by molar-refractivity contribution is 7.89. The third kappa shape index (κ3) is 2.30. The minimum absolute atomic E-state index is 0.272. The van der Waals surface area contributed by atoms with Gasteiger partial charge in [0.1, 0.15) is 10.7 Å². The molecule has 2 aliphatic rings. The first-order valence-corrected chi connectivity index (χ1v) is 8.44. The van der Waals surface area contributed by atoms with E-state index in [2.05, 4.69) is 15.2 Å². The summed E-state index contributed by atoms with van der Waals surface area (Å²) in [6, 6.07) is 3.67. The quantitative estimate of drug-likeness (QED) is 0.884. The largest absolute Gasteiger partial charge is 0.372 e. The number of nitrogens with zero attached hydrogens (tertiary/aromatic N) is 3. The van der Waals surface area contributed by atoms with Gasteiger partial charge in [-0.3, -0.25) is 4.90 Å². The monoisotopic (exact) mass is 296 g/mol. The highest BCUT2D eigenvalue weighted by Crippen LogP contribution is 2.27. The summed E-state index contributed by atoms with van der Waals surface area (Å²) < 4.78 is 27.2. The number of hydrogen-bond acceptors (Lipinski definition) is 5. The van der Waals surface area contributed by atoms with Crippen molar-refractivity contribution in [2.75, 3.05) is 38.5 Å². The molecule has 7 heteroatoms. The van der Waals surface area contributed by atoms with E-state index in [-0.39, 0.29) is 4.90 Å². The van der Waals surface area contributed by atoms with Crippen molar-refractivity contribution in [1.82, 2.24) is 14.2 Å². The molecule has 2 aliphatic heterocycles. The van der Waals surface area contributed by atoms with Crippen LogP contribution in [0.2, 0.25) is 0 Å². The number of fused-ring (bicyclic) bond motifs is 1. The van der Waals surface area contributed by atoms with E-state index >= 15 is 0 Å². The summed E-state index contributed by atoms with van der Waals surface area (Å²) in [4.78, 5) is 6.77. The fourth-order valence-corrected chi connectivity index (χ4v) is 4.72. The lowest BCUT2D eigenvalue weighted by molar-refractivity contribution is 0.158. The zero-order chi connectivity index (χ0) is 14.2. The van der Waals surface area contributed by atoms with Gasteiger partial charge in [-0.05, 0) is 31.5 Å². The molecule has 0 aliphatic carbocycles. The maximum atomic E-state index is 12.8. The third-order valence-electron chi connectivity index (χ3n) is 4.18. The molecule has 0 radical (unpaired) electrons. The summed E-state index contributed by atoms with van der Waals surface area (Å²) in [5.74, 6) is 0.418. The van der Waals surface area contributed by atoms with Crippen molar-refractivity contribution in [1.29, 1.82) is 0 Å². The second-order valence-electron chi connectivity index (χ2n) is 5.30. The lowest BCUT2D eigenvalue weighted by atomic mass is 10.2. The minimum Gasteiger partial charge on any atom is -0.372 e. The highest BCUT2D eigenvalue weighted by Gasteiger charge is 2.37. The molecule has 0 amide bonds. The average Bonchev–Trinajstić information content (AvgIpc) is 2.94. The van der Waals surface area contributed by atoms with Crippen LogP contribution in [-0.4, -0.2) is 61.9 Å². The van der Waals surface area contributed by atoms with Gasteiger partial charge in [-0.2, -0.15) is 4.31 Å². The molecule has 3 rings (SSSR count). The van der Waals surface area contributed by atoms with Crippen molar-refractivity contribution < 1.29 is 8.42 Å². The normalized spacial score (nSPS) is 24.6. The van der Waals surface area contributed by atoms with Crippen LogP contribution in [0.3, 0.4) is 0 Å². The molecular formula is C13H20N4O2S. The van der Waals surface area contributed by atoms with Crippen LogP contribution in [0.5, 0.6) is 0 Å². The fourth-order valence-electron chi connectivity index (χ4n) is 3.11. The van der Waals surface area contributed by atoms with Crippen LogP contribution in [0, 0.1) is 0 Å². The smallest absolute Gasteiger partial charge is 0.246 e.